The number of halogens is 1. The maximum Gasteiger partial charge on any atom is 0.277 e. The third kappa shape index (κ3) is 2.96. The van der Waals surface area contributed by atoms with Crippen molar-refractivity contribution in [2.24, 2.45) is 0 Å². The highest BCUT2D eigenvalue weighted by Gasteiger charge is 2.09. The number of carbonyl (C=O) groups is 1. The van der Waals surface area contributed by atoms with E-state index in [1.165, 1.54) is 0 Å². The van der Waals surface area contributed by atoms with E-state index in [4.69, 9.17) is 16.7 Å². The molecule has 0 saturated heterocycles. The van der Waals surface area contributed by atoms with Crippen LogP contribution in [0.5, 0.6) is 0 Å². The fraction of sp³-hybridized carbons (Fsp3) is 0.750. The molecule has 3 nitrogen and oxygen atoms in total. The van der Waals surface area contributed by atoms with E-state index >= 15 is 0 Å². The molecule has 1 unspecified atom stereocenters. The summed E-state index contributed by atoms with van der Waals surface area (Å²) in [5, 5.41) is 7.54. The highest BCUT2D eigenvalue weighted by molar-refractivity contribution is 6.64. The average molecular weight is 139 g/mol. The molecule has 1 N–H and O–H groups in total. The summed E-state index contributed by atoms with van der Waals surface area (Å²) >= 11 is 4.79. The maximum atomic E-state index is 9.92. The summed E-state index contributed by atoms with van der Waals surface area (Å²) in [5.74, 6) is 0. The highest BCUT2D eigenvalue weighted by atomic mass is 35.5. The second-order valence-electron chi connectivity index (χ2n) is 1.11. The van der Waals surface area contributed by atoms with Gasteiger partial charge in [0, 0.05) is 6.61 Å². The smallest absolute Gasteiger partial charge is 0.277 e. The molecular formula is C4H7ClO3. The van der Waals surface area contributed by atoms with Crippen molar-refractivity contribution in [1.29, 1.82) is 0 Å². The van der Waals surface area contributed by atoms with E-state index in [1.807, 2.05) is 0 Å². The number of aliphatic hydroxyl groups excluding tert-OH is 1. The molecule has 4 heteroatoms. The lowest BCUT2D eigenvalue weighted by Gasteiger charge is -2.01. The minimum atomic E-state index is -1.46. The molecule has 8 heavy (non-hydrogen) atoms. The van der Waals surface area contributed by atoms with Crippen LogP contribution in [0.3, 0.4) is 0 Å². The Morgan fingerprint density at radius 1 is 2.00 bits per heavy atom. The van der Waals surface area contributed by atoms with Gasteiger partial charge in [-0.1, -0.05) is 0 Å². The molecular weight excluding hydrogens is 131 g/mol. The molecule has 48 valence electrons. The average Bonchev–Trinajstić information content (AvgIpc) is 1.67. The number of hydrogen-bond donors (Lipinski definition) is 1. The van der Waals surface area contributed by atoms with Crippen LogP contribution in [0, 0.1) is 0 Å². The van der Waals surface area contributed by atoms with Crippen molar-refractivity contribution in [2.75, 3.05) is 6.61 Å². The lowest BCUT2D eigenvalue weighted by molar-refractivity contribution is -0.145. The van der Waals surface area contributed by atoms with E-state index in [0.717, 1.165) is 0 Å². The molecule has 0 saturated carbocycles. The number of hydrogen-bond acceptors (Lipinski definition) is 3. The van der Waals surface area contributed by atoms with Crippen molar-refractivity contribution in [2.45, 2.75) is 13.2 Å². The maximum absolute atomic E-state index is 9.92. The summed E-state index contributed by atoms with van der Waals surface area (Å²) in [6.07, 6.45) is -1.46. The minimum Gasteiger partial charge on any atom is -0.361 e. The van der Waals surface area contributed by atoms with Crippen LogP contribution < -0.4 is 0 Å². The van der Waals surface area contributed by atoms with Gasteiger partial charge in [-0.25, -0.2) is 0 Å². The van der Waals surface area contributed by atoms with E-state index in [0.29, 0.717) is 0 Å². The summed E-state index contributed by atoms with van der Waals surface area (Å²) in [7, 11) is 0. The quantitative estimate of drug-likeness (QED) is 0.445. The molecule has 1 atom stereocenters. The van der Waals surface area contributed by atoms with Gasteiger partial charge >= 0.3 is 0 Å². The molecule has 0 aromatic heterocycles. The molecule has 0 amide bonds. The van der Waals surface area contributed by atoms with Crippen molar-refractivity contribution in [3.05, 3.63) is 0 Å². The standard InChI is InChI=1S/C4H7ClO3/c1-2-8-4(7)3(5)6/h4,7H,2H2,1H3. The number of aliphatic hydroxyl groups is 1. The Bertz CT molecular complexity index is 83.4. The van der Waals surface area contributed by atoms with Gasteiger partial charge < -0.3 is 9.84 Å². The first-order valence-corrected chi connectivity index (χ1v) is 2.55. The van der Waals surface area contributed by atoms with Gasteiger partial charge in [0.05, 0.1) is 0 Å². The van der Waals surface area contributed by atoms with Crippen LogP contribution in [0.4, 0.5) is 0 Å². The molecule has 0 aliphatic heterocycles. The predicted molar refractivity (Wildman–Crippen MR) is 28.5 cm³/mol. The Morgan fingerprint density at radius 3 is 2.62 bits per heavy atom. The fourth-order valence-electron chi connectivity index (χ4n) is 0.223. The van der Waals surface area contributed by atoms with Crippen molar-refractivity contribution >= 4 is 16.8 Å². The molecule has 0 bridgehead atoms. The topological polar surface area (TPSA) is 46.5 Å². The number of rotatable bonds is 3. The summed E-state index contributed by atoms with van der Waals surface area (Å²) in [6.45, 7) is 1.93. The summed E-state index contributed by atoms with van der Waals surface area (Å²) in [5.41, 5.74) is 0. The zero-order chi connectivity index (χ0) is 6.57. The van der Waals surface area contributed by atoms with Crippen LogP contribution in [-0.4, -0.2) is 23.2 Å². The van der Waals surface area contributed by atoms with Crippen LogP contribution >= 0.6 is 11.6 Å². The van der Waals surface area contributed by atoms with Gasteiger partial charge in [-0.15, -0.1) is 0 Å². The third-order valence-electron chi connectivity index (χ3n) is 0.519. The van der Waals surface area contributed by atoms with Crippen LogP contribution in [0.1, 0.15) is 6.92 Å². The normalized spacial score (nSPS) is 13.4. The SMILES string of the molecule is CCOC(O)C(=O)Cl. The van der Waals surface area contributed by atoms with E-state index < -0.39 is 11.5 Å². The van der Waals surface area contributed by atoms with E-state index in [2.05, 4.69) is 4.74 Å². The highest BCUT2D eigenvalue weighted by Crippen LogP contribution is 1.91. The second-order valence-corrected chi connectivity index (χ2v) is 1.48. The third-order valence-corrected chi connectivity index (χ3v) is 0.705. The van der Waals surface area contributed by atoms with Crippen molar-refractivity contribution in [3.8, 4) is 0 Å². The molecule has 0 radical (unpaired) electrons. The van der Waals surface area contributed by atoms with Gasteiger partial charge in [-0.2, -0.15) is 0 Å². The molecule has 0 aromatic rings. The first-order valence-electron chi connectivity index (χ1n) is 2.17. The first-order chi connectivity index (χ1) is 3.68. The van der Waals surface area contributed by atoms with Crippen LogP contribution in [0.25, 0.3) is 0 Å². The Kier molecular flexibility index (Phi) is 3.77. The largest absolute Gasteiger partial charge is 0.361 e. The monoisotopic (exact) mass is 138 g/mol. The molecule has 0 aliphatic carbocycles. The van der Waals surface area contributed by atoms with Gasteiger partial charge in [-0.05, 0) is 18.5 Å². The number of ether oxygens (including phenoxy) is 1. The van der Waals surface area contributed by atoms with Crippen LogP contribution in [0.2, 0.25) is 0 Å². The fourth-order valence-corrected chi connectivity index (χ4v) is 0.286. The Labute approximate surface area is 52.2 Å². The summed E-state index contributed by atoms with van der Waals surface area (Å²) in [4.78, 5) is 9.92. The van der Waals surface area contributed by atoms with Crippen LogP contribution in [0.15, 0.2) is 0 Å². The van der Waals surface area contributed by atoms with E-state index in [-0.39, 0.29) is 6.61 Å². The van der Waals surface area contributed by atoms with E-state index in [9.17, 15) is 4.79 Å². The minimum absolute atomic E-state index is 0.277. The zero-order valence-corrected chi connectivity index (χ0v) is 5.18. The predicted octanol–water partition coefficient (Wildman–Crippen LogP) is 0.107. The molecule has 0 rings (SSSR count). The Hall–Kier alpha value is -0.120. The van der Waals surface area contributed by atoms with Gasteiger partial charge in [-0.3, -0.25) is 4.79 Å². The van der Waals surface area contributed by atoms with Crippen molar-refractivity contribution in [1.82, 2.24) is 0 Å². The van der Waals surface area contributed by atoms with Gasteiger partial charge in [0.2, 0.25) is 6.29 Å². The second kappa shape index (κ2) is 3.83. The molecule has 0 heterocycles. The Morgan fingerprint density at radius 2 is 2.50 bits per heavy atom. The number of carbonyl (C=O) groups excluding carboxylic acids is 1. The molecule has 0 fully saturated rings. The first kappa shape index (κ1) is 7.88. The van der Waals surface area contributed by atoms with Gasteiger partial charge in [0.15, 0.2) is 0 Å². The Balaban J connectivity index is 3.32. The molecule has 0 spiro atoms. The lowest BCUT2D eigenvalue weighted by atomic mass is 10.7. The van der Waals surface area contributed by atoms with Crippen molar-refractivity contribution in [3.63, 3.8) is 0 Å². The van der Waals surface area contributed by atoms with Crippen LogP contribution in [-0.2, 0) is 9.53 Å². The zero-order valence-electron chi connectivity index (χ0n) is 4.43. The molecule has 0 aromatic carbocycles. The summed E-state index contributed by atoms with van der Waals surface area (Å²) < 4.78 is 4.38. The lowest BCUT2D eigenvalue weighted by Crippen LogP contribution is -2.18. The summed E-state index contributed by atoms with van der Waals surface area (Å²) in [6, 6.07) is 0. The van der Waals surface area contributed by atoms with Gasteiger partial charge in [0.1, 0.15) is 0 Å². The van der Waals surface area contributed by atoms with Gasteiger partial charge in [0.25, 0.3) is 5.24 Å². The van der Waals surface area contributed by atoms with Crippen molar-refractivity contribution < 1.29 is 14.6 Å². The molecule has 0 aliphatic rings. The van der Waals surface area contributed by atoms with E-state index in [1.54, 1.807) is 6.92 Å².